The predicted octanol–water partition coefficient (Wildman–Crippen LogP) is 1.39. The molecular formula is C14H16N2O3. The van der Waals surface area contributed by atoms with Crippen LogP contribution in [0.4, 0.5) is 0 Å². The van der Waals surface area contributed by atoms with Crippen molar-refractivity contribution in [2.24, 2.45) is 7.05 Å². The van der Waals surface area contributed by atoms with E-state index in [9.17, 15) is 14.7 Å². The van der Waals surface area contributed by atoms with Crippen LogP contribution in [0.2, 0.25) is 0 Å². The lowest BCUT2D eigenvalue weighted by Crippen LogP contribution is -2.23. The van der Waals surface area contributed by atoms with Crippen LogP contribution in [-0.4, -0.2) is 38.2 Å². The molecule has 1 aliphatic heterocycles. The summed E-state index contributed by atoms with van der Waals surface area (Å²) in [6.45, 7) is 5.71. The Morgan fingerprint density at radius 3 is 2.32 bits per heavy atom. The normalized spacial score (nSPS) is 25.5. The highest BCUT2D eigenvalue weighted by Crippen LogP contribution is 2.40. The summed E-state index contributed by atoms with van der Waals surface area (Å²) in [6.07, 6.45) is 1.39. The van der Waals surface area contributed by atoms with Gasteiger partial charge in [0.2, 0.25) is 11.6 Å². The van der Waals surface area contributed by atoms with Gasteiger partial charge in [-0.2, -0.15) is 0 Å². The Morgan fingerprint density at radius 2 is 1.79 bits per heavy atom. The molecule has 3 rings (SSSR count). The van der Waals surface area contributed by atoms with Crippen LogP contribution in [0.3, 0.4) is 0 Å². The molecule has 2 unspecified atom stereocenters. The van der Waals surface area contributed by atoms with Crippen LogP contribution in [0.25, 0.3) is 0 Å². The molecule has 1 aromatic heterocycles. The number of allylic oxidation sites excluding steroid dienone is 2. The van der Waals surface area contributed by atoms with Gasteiger partial charge >= 0.3 is 0 Å². The molecule has 1 aliphatic carbocycles. The van der Waals surface area contributed by atoms with Gasteiger partial charge in [-0.05, 0) is 20.8 Å². The molecule has 5 heteroatoms. The SMILES string of the molecule is Cc1c(O)c2c(n1C)C(=O)C=C(N1C(C)C1C)C2=O. The average Bonchev–Trinajstić information content (AvgIpc) is 2.88. The molecule has 0 aromatic carbocycles. The van der Waals surface area contributed by atoms with Crippen molar-refractivity contribution in [2.75, 3.05) is 0 Å². The molecule has 2 heterocycles. The first-order chi connectivity index (χ1) is 8.86. The van der Waals surface area contributed by atoms with Gasteiger partial charge in [-0.25, -0.2) is 0 Å². The molecular weight excluding hydrogens is 244 g/mol. The number of carbonyl (C=O) groups excluding carboxylic acids is 2. The molecule has 5 nitrogen and oxygen atoms in total. The number of aromatic hydroxyl groups is 1. The molecule has 1 saturated heterocycles. The Bertz CT molecular complexity index is 646. The van der Waals surface area contributed by atoms with E-state index in [1.165, 1.54) is 6.08 Å². The van der Waals surface area contributed by atoms with Crippen molar-refractivity contribution in [1.29, 1.82) is 0 Å². The Labute approximate surface area is 111 Å². The van der Waals surface area contributed by atoms with E-state index in [4.69, 9.17) is 0 Å². The summed E-state index contributed by atoms with van der Waals surface area (Å²) < 4.78 is 1.58. The minimum atomic E-state index is -0.257. The molecule has 0 radical (unpaired) electrons. The van der Waals surface area contributed by atoms with Gasteiger partial charge in [-0.3, -0.25) is 9.59 Å². The number of rotatable bonds is 1. The second kappa shape index (κ2) is 3.50. The van der Waals surface area contributed by atoms with E-state index in [2.05, 4.69) is 0 Å². The largest absolute Gasteiger partial charge is 0.505 e. The highest BCUT2D eigenvalue weighted by molar-refractivity contribution is 6.25. The van der Waals surface area contributed by atoms with Crippen LogP contribution in [0.5, 0.6) is 5.75 Å². The van der Waals surface area contributed by atoms with Gasteiger partial charge < -0.3 is 14.6 Å². The van der Waals surface area contributed by atoms with E-state index in [1.807, 2.05) is 18.7 Å². The summed E-state index contributed by atoms with van der Waals surface area (Å²) in [5, 5.41) is 10.1. The van der Waals surface area contributed by atoms with Crippen LogP contribution >= 0.6 is 0 Å². The maximum absolute atomic E-state index is 12.5. The van der Waals surface area contributed by atoms with E-state index in [1.54, 1.807) is 18.5 Å². The molecule has 19 heavy (non-hydrogen) atoms. The van der Waals surface area contributed by atoms with E-state index in [0.717, 1.165) is 0 Å². The first-order valence-corrected chi connectivity index (χ1v) is 6.33. The van der Waals surface area contributed by atoms with Crippen molar-refractivity contribution in [1.82, 2.24) is 9.47 Å². The van der Waals surface area contributed by atoms with Crippen LogP contribution in [0.1, 0.15) is 40.4 Å². The molecule has 0 spiro atoms. The van der Waals surface area contributed by atoms with E-state index < -0.39 is 0 Å². The number of hydrogen-bond acceptors (Lipinski definition) is 4. The lowest BCUT2D eigenvalue weighted by Gasteiger charge is -2.15. The van der Waals surface area contributed by atoms with Crippen molar-refractivity contribution in [2.45, 2.75) is 32.9 Å². The van der Waals surface area contributed by atoms with Gasteiger partial charge in [0.15, 0.2) is 0 Å². The monoisotopic (exact) mass is 260 g/mol. The minimum Gasteiger partial charge on any atom is -0.505 e. The zero-order valence-electron chi connectivity index (χ0n) is 11.4. The lowest BCUT2D eigenvalue weighted by atomic mass is 9.98. The summed E-state index contributed by atoms with van der Waals surface area (Å²) in [5.74, 6) is -0.558. The van der Waals surface area contributed by atoms with Gasteiger partial charge in [-0.1, -0.05) is 0 Å². The van der Waals surface area contributed by atoms with Crippen molar-refractivity contribution in [3.8, 4) is 5.75 Å². The molecule has 0 saturated carbocycles. The van der Waals surface area contributed by atoms with Crippen LogP contribution in [0, 0.1) is 6.92 Å². The first kappa shape index (κ1) is 12.0. The maximum Gasteiger partial charge on any atom is 0.215 e. The number of Topliss-reactive ketones (excluding diaryl/α,β-unsaturated/α-hetero) is 1. The fraction of sp³-hybridized carbons (Fsp3) is 0.429. The quantitative estimate of drug-likeness (QED) is 0.775. The Morgan fingerprint density at radius 1 is 1.21 bits per heavy atom. The van der Waals surface area contributed by atoms with Gasteiger partial charge in [0.1, 0.15) is 11.4 Å². The predicted molar refractivity (Wildman–Crippen MR) is 69.3 cm³/mol. The zero-order chi connectivity index (χ0) is 14.1. The molecule has 1 aromatic rings. The third kappa shape index (κ3) is 1.35. The first-order valence-electron chi connectivity index (χ1n) is 6.33. The van der Waals surface area contributed by atoms with E-state index in [-0.39, 0.29) is 40.7 Å². The molecule has 100 valence electrons. The number of hydrogen-bond donors (Lipinski definition) is 1. The maximum atomic E-state index is 12.5. The highest BCUT2D eigenvalue weighted by Gasteiger charge is 2.46. The Balaban J connectivity index is 2.15. The van der Waals surface area contributed by atoms with Crippen molar-refractivity contribution >= 4 is 11.6 Å². The van der Waals surface area contributed by atoms with Crippen LogP contribution in [0.15, 0.2) is 11.8 Å². The molecule has 1 fully saturated rings. The summed E-state index contributed by atoms with van der Waals surface area (Å²) in [7, 11) is 1.68. The summed E-state index contributed by atoms with van der Waals surface area (Å²) in [6, 6.07) is 0.521. The standard InChI is InChI=1S/C14H16N2O3/c1-6-7(2)16(6)9-5-10(17)12-11(14(9)19)13(18)8(3)15(12)4/h5-7,18H,1-4H3. The number of fused-ring (bicyclic) bond motifs is 1. The van der Waals surface area contributed by atoms with Gasteiger partial charge in [0.05, 0.1) is 17.0 Å². The van der Waals surface area contributed by atoms with Crippen molar-refractivity contribution < 1.29 is 14.7 Å². The summed E-state index contributed by atoms with van der Waals surface area (Å²) in [4.78, 5) is 26.6. The third-order valence-electron chi connectivity index (χ3n) is 4.38. The second-order valence-electron chi connectivity index (χ2n) is 5.33. The number of ketones is 2. The van der Waals surface area contributed by atoms with Gasteiger partial charge in [0.25, 0.3) is 0 Å². The topological polar surface area (TPSA) is 62.3 Å². The van der Waals surface area contributed by atoms with E-state index >= 15 is 0 Å². The molecule has 0 amide bonds. The zero-order valence-corrected chi connectivity index (χ0v) is 11.4. The fourth-order valence-corrected chi connectivity index (χ4v) is 2.81. The second-order valence-corrected chi connectivity index (χ2v) is 5.33. The van der Waals surface area contributed by atoms with Crippen LogP contribution < -0.4 is 0 Å². The summed E-state index contributed by atoms with van der Waals surface area (Å²) in [5.41, 5.74) is 1.37. The van der Waals surface area contributed by atoms with E-state index in [0.29, 0.717) is 11.4 Å². The molecule has 2 aliphatic rings. The number of nitrogens with zero attached hydrogens (tertiary/aromatic N) is 2. The molecule has 0 bridgehead atoms. The Hall–Kier alpha value is -2.04. The minimum absolute atomic E-state index is 0.0800. The summed E-state index contributed by atoms with van der Waals surface area (Å²) >= 11 is 0. The Kier molecular flexibility index (Phi) is 2.21. The van der Waals surface area contributed by atoms with Crippen molar-refractivity contribution in [3.05, 3.63) is 28.7 Å². The molecule has 2 atom stereocenters. The van der Waals surface area contributed by atoms with Crippen LogP contribution in [-0.2, 0) is 7.05 Å². The van der Waals surface area contributed by atoms with Crippen molar-refractivity contribution in [3.63, 3.8) is 0 Å². The average molecular weight is 260 g/mol. The van der Waals surface area contributed by atoms with Gasteiger partial charge in [-0.15, -0.1) is 0 Å². The number of carbonyl (C=O) groups is 2. The lowest BCUT2D eigenvalue weighted by molar-refractivity contribution is 0.0962. The number of aromatic nitrogens is 1. The fourth-order valence-electron chi connectivity index (χ4n) is 2.81. The third-order valence-corrected chi connectivity index (χ3v) is 4.38. The smallest absolute Gasteiger partial charge is 0.215 e. The van der Waals surface area contributed by atoms with Gasteiger partial charge in [0, 0.05) is 25.2 Å². The highest BCUT2D eigenvalue weighted by atomic mass is 16.3. The molecule has 1 N–H and O–H groups in total.